The second-order valence-electron chi connectivity index (χ2n) is 3.06. The number of rotatable bonds is 1. The van der Waals surface area contributed by atoms with E-state index in [1.54, 1.807) is 6.07 Å². The van der Waals surface area contributed by atoms with Crippen LogP contribution in [0.1, 0.15) is 9.67 Å². The maximum atomic E-state index is 11.4. The molecule has 4 nitrogen and oxygen atoms in total. The van der Waals surface area contributed by atoms with E-state index in [4.69, 9.17) is 11.5 Å². The Morgan fingerprint density at radius 3 is 2.73 bits per heavy atom. The minimum absolute atomic E-state index is 0.403. The summed E-state index contributed by atoms with van der Waals surface area (Å²) in [7, 11) is 1.33. The van der Waals surface area contributed by atoms with E-state index in [1.807, 2.05) is 12.1 Å². The number of anilines is 2. The summed E-state index contributed by atoms with van der Waals surface area (Å²) in [6, 6.07) is 5.46. The van der Waals surface area contributed by atoms with Gasteiger partial charge in [0.15, 0.2) is 0 Å². The van der Waals surface area contributed by atoms with Crippen molar-refractivity contribution in [1.82, 2.24) is 0 Å². The summed E-state index contributed by atoms with van der Waals surface area (Å²) in [5, 5.41) is 0.739. The van der Waals surface area contributed by atoms with Gasteiger partial charge >= 0.3 is 5.97 Å². The third-order valence-electron chi connectivity index (χ3n) is 2.16. The summed E-state index contributed by atoms with van der Waals surface area (Å²) in [6.45, 7) is 0. The molecule has 0 spiro atoms. The van der Waals surface area contributed by atoms with E-state index in [2.05, 4.69) is 4.74 Å². The molecular formula is C10H10N2O2S. The number of benzene rings is 1. The van der Waals surface area contributed by atoms with Gasteiger partial charge < -0.3 is 16.2 Å². The number of carbonyl (C=O) groups is 1. The standard InChI is InChI=1S/C10H10N2O2S/c1-14-10(13)9-8(12)7-5(11)3-2-4-6(7)15-9/h2-4H,11-12H2,1H3. The summed E-state index contributed by atoms with van der Waals surface area (Å²) < 4.78 is 5.53. The van der Waals surface area contributed by atoms with Gasteiger partial charge in [0.1, 0.15) is 4.88 Å². The first-order valence-electron chi connectivity index (χ1n) is 4.30. The lowest BCUT2D eigenvalue weighted by Gasteiger charge is -1.98. The molecule has 0 saturated carbocycles. The van der Waals surface area contributed by atoms with Crippen molar-refractivity contribution in [3.05, 3.63) is 23.1 Å². The van der Waals surface area contributed by atoms with Crippen molar-refractivity contribution in [3.63, 3.8) is 0 Å². The number of methoxy groups -OCH3 is 1. The molecule has 2 rings (SSSR count). The van der Waals surface area contributed by atoms with Crippen molar-refractivity contribution < 1.29 is 9.53 Å². The van der Waals surface area contributed by atoms with Crippen LogP contribution in [0, 0.1) is 0 Å². The summed E-state index contributed by atoms with van der Waals surface area (Å²) in [5.74, 6) is -0.423. The highest BCUT2D eigenvalue weighted by Crippen LogP contribution is 2.37. The number of ether oxygens (including phenoxy) is 1. The van der Waals surface area contributed by atoms with Crippen molar-refractivity contribution in [3.8, 4) is 0 Å². The second kappa shape index (κ2) is 3.43. The van der Waals surface area contributed by atoms with Crippen LogP contribution in [0.25, 0.3) is 10.1 Å². The van der Waals surface area contributed by atoms with Crippen LogP contribution in [0.15, 0.2) is 18.2 Å². The van der Waals surface area contributed by atoms with E-state index >= 15 is 0 Å². The fourth-order valence-electron chi connectivity index (χ4n) is 1.44. The lowest BCUT2D eigenvalue weighted by Crippen LogP contribution is -2.01. The van der Waals surface area contributed by atoms with E-state index in [0.717, 1.165) is 10.1 Å². The Bertz CT molecular complexity index is 533. The molecule has 0 atom stereocenters. The molecule has 0 fully saturated rings. The highest BCUT2D eigenvalue weighted by atomic mass is 32.1. The van der Waals surface area contributed by atoms with Crippen molar-refractivity contribution in [2.24, 2.45) is 0 Å². The Hall–Kier alpha value is -1.75. The molecule has 2 aromatic rings. The highest BCUT2D eigenvalue weighted by molar-refractivity contribution is 7.21. The maximum Gasteiger partial charge on any atom is 0.350 e. The largest absolute Gasteiger partial charge is 0.465 e. The monoisotopic (exact) mass is 222 g/mol. The first-order valence-corrected chi connectivity index (χ1v) is 5.11. The number of esters is 1. The molecule has 4 N–H and O–H groups in total. The summed E-state index contributed by atoms with van der Waals surface area (Å²) >= 11 is 1.29. The number of nitrogen functional groups attached to an aromatic ring is 2. The topological polar surface area (TPSA) is 78.3 Å². The molecule has 0 radical (unpaired) electrons. The van der Waals surface area contributed by atoms with Crippen LogP contribution >= 0.6 is 11.3 Å². The minimum atomic E-state index is -0.423. The van der Waals surface area contributed by atoms with Gasteiger partial charge in [-0.1, -0.05) is 6.07 Å². The fraction of sp³-hybridized carbons (Fsp3) is 0.100. The van der Waals surface area contributed by atoms with Crippen LogP contribution in [0.5, 0.6) is 0 Å². The number of fused-ring (bicyclic) bond motifs is 1. The molecule has 0 aliphatic carbocycles. The number of nitrogens with two attached hydrogens (primary N) is 2. The predicted octanol–water partition coefficient (Wildman–Crippen LogP) is 1.85. The average molecular weight is 222 g/mol. The lowest BCUT2D eigenvalue weighted by atomic mass is 10.2. The quantitative estimate of drug-likeness (QED) is 0.570. The summed E-state index contributed by atoms with van der Waals surface area (Å²) in [5.41, 5.74) is 12.6. The predicted molar refractivity (Wildman–Crippen MR) is 62.0 cm³/mol. The fourth-order valence-corrected chi connectivity index (χ4v) is 2.52. The van der Waals surface area contributed by atoms with Gasteiger partial charge in [0.05, 0.1) is 12.8 Å². The molecule has 15 heavy (non-hydrogen) atoms. The zero-order valence-corrected chi connectivity index (χ0v) is 8.93. The molecule has 0 amide bonds. The smallest absolute Gasteiger partial charge is 0.350 e. The number of thiophene rings is 1. The molecule has 0 unspecified atom stereocenters. The molecule has 1 aromatic heterocycles. The van der Waals surface area contributed by atoms with Crippen molar-refractivity contribution in [1.29, 1.82) is 0 Å². The van der Waals surface area contributed by atoms with Crippen molar-refractivity contribution in [2.45, 2.75) is 0 Å². The van der Waals surface area contributed by atoms with Crippen molar-refractivity contribution in [2.75, 3.05) is 18.6 Å². The molecule has 0 saturated heterocycles. The SMILES string of the molecule is COC(=O)c1sc2cccc(N)c2c1N. The Kier molecular flexibility index (Phi) is 2.24. The summed E-state index contributed by atoms with van der Waals surface area (Å²) in [6.07, 6.45) is 0. The van der Waals surface area contributed by atoms with Crippen LogP contribution in [-0.2, 0) is 4.74 Å². The number of hydrogen-bond donors (Lipinski definition) is 2. The minimum Gasteiger partial charge on any atom is -0.465 e. The first-order chi connectivity index (χ1) is 7.15. The molecule has 5 heteroatoms. The van der Waals surface area contributed by atoms with Gasteiger partial charge in [-0.15, -0.1) is 11.3 Å². The number of hydrogen-bond acceptors (Lipinski definition) is 5. The van der Waals surface area contributed by atoms with E-state index in [1.165, 1.54) is 18.4 Å². The highest BCUT2D eigenvalue weighted by Gasteiger charge is 2.17. The Labute approximate surface area is 90.4 Å². The van der Waals surface area contributed by atoms with Gasteiger partial charge in [-0.25, -0.2) is 4.79 Å². The normalized spacial score (nSPS) is 10.5. The van der Waals surface area contributed by atoms with Crippen LogP contribution in [0.4, 0.5) is 11.4 Å². The van der Waals surface area contributed by atoms with Crippen LogP contribution < -0.4 is 11.5 Å². The summed E-state index contributed by atoms with van der Waals surface area (Å²) in [4.78, 5) is 11.8. The van der Waals surface area contributed by atoms with Gasteiger partial charge in [0.25, 0.3) is 0 Å². The zero-order chi connectivity index (χ0) is 11.0. The first kappa shape index (κ1) is 9.79. The van der Waals surface area contributed by atoms with E-state index in [-0.39, 0.29) is 0 Å². The molecule has 0 aliphatic heterocycles. The lowest BCUT2D eigenvalue weighted by molar-refractivity contribution is 0.0607. The van der Waals surface area contributed by atoms with Crippen molar-refractivity contribution >= 4 is 38.8 Å². The Balaban J connectivity index is 2.75. The third-order valence-corrected chi connectivity index (χ3v) is 3.31. The molecule has 1 heterocycles. The van der Waals surface area contributed by atoms with Gasteiger partial charge in [-0.3, -0.25) is 0 Å². The van der Waals surface area contributed by atoms with E-state index in [0.29, 0.717) is 16.3 Å². The zero-order valence-electron chi connectivity index (χ0n) is 8.11. The Morgan fingerprint density at radius 1 is 1.40 bits per heavy atom. The van der Waals surface area contributed by atoms with Gasteiger partial charge in [0.2, 0.25) is 0 Å². The maximum absolute atomic E-state index is 11.4. The molecule has 0 bridgehead atoms. The van der Waals surface area contributed by atoms with Gasteiger partial charge in [0, 0.05) is 15.8 Å². The number of carbonyl (C=O) groups excluding carboxylic acids is 1. The second-order valence-corrected chi connectivity index (χ2v) is 4.11. The molecule has 78 valence electrons. The van der Waals surface area contributed by atoms with Crippen LogP contribution in [0.3, 0.4) is 0 Å². The molecule has 1 aromatic carbocycles. The molecular weight excluding hydrogens is 212 g/mol. The Morgan fingerprint density at radius 2 is 2.13 bits per heavy atom. The van der Waals surface area contributed by atoms with E-state index in [9.17, 15) is 4.79 Å². The van der Waals surface area contributed by atoms with E-state index < -0.39 is 5.97 Å². The third kappa shape index (κ3) is 1.41. The van der Waals surface area contributed by atoms with Gasteiger partial charge in [-0.05, 0) is 12.1 Å². The average Bonchev–Trinajstić information content (AvgIpc) is 2.56. The molecule has 0 aliphatic rings. The van der Waals surface area contributed by atoms with Crippen LogP contribution in [-0.4, -0.2) is 13.1 Å². The van der Waals surface area contributed by atoms with Crippen LogP contribution in [0.2, 0.25) is 0 Å². The van der Waals surface area contributed by atoms with Gasteiger partial charge in [-0.2, -0.15) is 0 Å².